The number of carbonyl (C=O) groups is 3. The number of sulfone groups is 1. The Hall–Kier alpha value is -2.85. The fourth-order valence-electron chi connectivity index (χ4n) is 3.49. The molecule has 2 aromatic rings. The fraction of sp³-hybridized carbons (Fsp3) is 0.412. The van der Waals surface area contributed by atoms with Crippen molar-refractivity contribution in [2.24, 2.45) is 7.05 Å². The highest BCUT2D eigenvalue weighted by molar-refractivity contribution is 8.01. The molecule has 2 aliphatic heterocycles. The van der Waals surface area contributed by atoms with Crippen molar-refractivity contribution in [3.8, 4) is 0 Å². The molecule has 4 heterocycles. The van der Waals surface area contributed by atoms with Crippen LogP contribution < -0.4 is 5.32 Å². The van der Waals surface area contributed by atoms with Crippen LogP contribution in [-0.4, -0.2) is 85.6 Å². The van der Waals surface area contributed by atoms with Gasteiger partial charge in [0.1, 0.15) is 22.9 Å². The third kappa shape index (κ3) is 4.37. The Bertz CT molecular complexity index is 1240. The minimum absolute atomic E-state index is 0.0707. The molecule has 16 heteroatoms. The van der Waals surface area contributed by atoms with Crippen molar-refractivity contribution in [3.05, 3.63) is 35.4 Å². The number of rotatable bonds is 8. The predicted octanol–water partition coefficient (Wildman–Crippen LogP) is -0.580. The summed E-state index contributed by atoms with van der Waals surface area (Å²) >= 11 is 2.51. The topological polar surface area (TPSA) is 178 Å². The monoisotopic (exact) mass is 514 g/mol. The van der Waals surface area contributed by atoms with Crippen LogP contribution in [0.1, 0.15) is 11.0 Å². The molecule has 2 aliphatic rings. The van der Waals surface area contributed by atoms with Crippen molar-refractivity contribution < 1.29 is 32.3 Å². The first kappa shape index (κ1) is 23.3. The molecule has 1 fully saturated rings. The van der Waals surface area contributed by atoms with Gasteiger partial charge in [-0.05, 0) is 28.1 Å². The van der Waals surface area contributed by atoms with E-state index in [2.05, 4.69) is 20.8 Å². The second-order valence-electron chi connectivity index (χ2n) is 7.25. The number of amides is 2. The highest BCUT2D eigenvalue weighted by atomic mass is 32.2. The summed E-state index contributed by atoms with van der Waals surface area (Å²) in [7, 11) is -2.24. The molecular weight excluding hydrogens is 496 g/mol. The van der Waals surface area contributed by atoms with E-state index in [1.165, 1.54) is 46.6 Å². The number of β-lactam (4-membered cyclic amide) rings is 1. The minimum atomic E-state index is -3.89. The summed E-state index contributed by atoms with van der Waals surface area (Å²) in [6, 6.07) is 1.75. The minimum Gasteiger partial charge on any atom is -0.477 e. The zero-order valence-electron chi connectivity index (χ0n) is 17.2. The van der Waals surface area contributed by atoms with Crippen molar-refractivity contribution in [1.29, 1.82) is 0 Å². The molecule has 13 nitrogen and oxygen atoms in total. The number of hydrogen-bond donors (Lipinski definition) is 2. The molecule has 2 unspecified atom stereocenters. The summed E-state index contributed by atoms with van der Waals surface area (Å²) in [4.78, 5) is 38.7. The Labute approximate surface area is 195 Å². The summed E-state index contributed by atoms with van der Waals surface area (Å²) in [5, 5.41) is 21.5. The molecule has 2 amide bonds. The molecular formula is C17H18N6O7S3. The highest BCUT2D eigenvalue weighted by Crippen LogP contribution is 2.41. The molecule has 0 aliphatic carbocycles. The Kier molecular flexibility index (Phi) is 6.24. The van der Waals surface area contributed by atoms with Crippen molar-refractivity contribution in [2.45, 2.75) is 21.8 Å². The number of aromatic nitrogens is 4. The summed E-state index contributed by atoms with van der Waals surface area (Å²) in [6.07, 6.45) is 2.14. The van der Waals surface area contributed by atoms with Gasteiger partial charge in [0, 0.05) is 24.8 Å². The number of tetrazole rings is 1. The number of nitrogens with zero attached hydrogens (tertiary/aromatic N) is 5. The van der Waals surface area contributed by atoms with Gasteiger partial charge in [0.15, 0.2) is 15.1 Å². The van der Waals surface area contributed by atoms with Gasteiger partial charge in [0.05, 0.1) is 6.26 Å². The molecule has 0 aromatic carbocycles. The standard InChI is InChI=1S/C17H18N6O7S3/c1-22-17(19-20-21-22)32-7-8-6-31-15-10(14(25)23(15)11(8)16(26)27)18-13(24)12(33(2,28)29)9-4-3-5-30-9/h3-5,10,12,15H,6-7H2,1-2H3,(H,18,24)(H,26,27)/t10?,12?,15-/m0/s1. The number of thioether (sulfide) groups is 2. The van der Waals surface area contributed by atoms with Crippen LogP contribution in [-0.2, 0) is 31.3 Å². The molecule has 1 saturated heterocycles. The normalized spacial score (nSPS) is 21.4. The van der Waals surface area contributed by atoms with Crippen LogP contribution in [0.4, 0.5) is 0 Å². The zero-order valence-corrected chi connectivity index (χ0v) is 19.7. The van der Waals surface area contributed by atoms with Gasteiger partial charge in [-0.15, -0.1) is 16.9 Å². The number of aliphatic carboxylic acids is 1. The van der Waals surface area contributed by atoms with Gasteiger partial charge in [-0.1, -0.05) is 11.8 Å². The van der Waals surface area contributed by atoms with Gasteiger partial charge in [0.2, 0.25) is 11.1 Å². The number of nitrogens with one attached hydrogen (secondary N) is 1. The maximum atomic E-state index is 12.8. The smallest absolute Gasteiger partial charge is 0.352 e. The van der Waals surface area contributed by atoms with Crippen LogP contribution in [0.25, 0.3) is 0 Å². The molecule has 0 spiro atoms. The van der Waals surface area contributed by atoms with E-state index in [4.69, 9.17) is 4.42 Å². The second kappa shape index (κ2) is 8.83. The average Bonchev–Trinajstić information content (AvgIpc) is 3.40. The van der Waals surface area contributed by atoms with Crippen LogP contribution in [0.3, 0.4) is 0 Å². The number of carboxylic acid groups (broad SMARTS) is 1. The van der Waals surface area contributed by atoms with E-state index >= 15 is 0 Å². The lowest BCUT2D eigenvalue weighted by Gasteiger charge is -2.49. The van der Waals surface area contributed by atoms with Gasteiger partial charge < -0.3 is 14.8 Å². The second-order valence-corrected chi connectivity index (χ2v) is 11.4. The maximum absolute atomic E-state index is 12.8. The van der Waals surface area contributed by atoms with E-state index < -0.39 is 44.3 Å². The Morgan fingerprint density at radius 1 is 1.45 bits per heavy atom. The summed E-state index contributed by atoms with van der Waals surface area (Å²) < 4.78 is 30.9. The SMILES string of the molecule is Cn1nnnc1SCC1=C(C(=O)O)N2C(=O)C(NC(=O)C(c3ccco3)S(C)(=O)=O)[C@@H]2SC1. The number of carboxylic acids is 1. The molecule has 0 bridgehead atoms. The van der Waals surface area contributed by atoms with Gasteiger partial charge in [-0.25, -0.2) is 17.9 Å². The lowest BCUT2D eigenvalue weighted by Crippen LogP contribution is -2.71. The van der Waals surface area contributed by atoms with E-state index in [9.17, 15) is 27.9 Å². The third-order valence-corrected chi connectivity index (χ3v) is 8.71. The molecule has 176 valence electrons. The van der Waals surface area contributed by atoms with Gasteiger partial charge in [0.25, 0.3) is 5.91 Å². The van der Waals surface area contributed by atoms with Crippen LogP contribution in [0.15, 0.2) is 39.2 Å². The largest absolute Gasteiger partial charge is 0.477 e. The van der Waals surface area contributed by atoms with E-state index in [-0.39, 0.29) is 17.2 Å². The lowest BCUT2D eigenvalue weighted by molar-refractivity contribution is -0.150. The molecule has 4 rings (SSSR count). The Balaban J connectivity index is 1.51. The lowest BCUT2D eigenvalue weighted by atomic mass is 10.0. The predicted molar refractivity (Wildman–Crippen MR) is 115 cm³/mol. The van der Waals surface area contributed by atoms with Crippen LogP contribution >= 0.6 is 23.5 Å². The first-order valence-corrected chi connectivity index (χ1v) is 13.4. The van der Waals surface area contributed by atoms with Crippen molar-refractivity contribution >= 4 is 51.1 Å². The van der Waals surface area contributed by atoms with Crippen molar-refractivity contribution in [2.75, 3.05) is 17.8 Å². The summed E-state index contributed by atoms with van der Waals surface area (Å²) in [6.45, 7) is 0. The molecule has 3 atom stereocenters. The van der Waals surface area contributed by atoms with Crippen LogP contribution in [0.2, 0.25) is 0 Å². The van der Waals surface area contributed by atoms with Crippen LogP contribution in [0.5, 0.6) is 0 Å². The quantitative estimate of drug-likeness (QED) is 0.339. The maximum Gasteiger partial charge on any atom is 0.352 e. The molecule has 0 saturated carbocycles. The number of furan rings is 1. The molecule has 0 radical (unpaired) electrons. The zero-order chi connectivity index (χ0) is 23.9. The van der Waals surface area contributed by atoms with Crippen LogP contribution in [0, 0.1) is 0 Å². The highest BCUT2D eigenvalue weighted by Gasteiger charge is 2.55. The van der Waals surface area contributed by atoms with E-state index in [1.54, 1.807) is 7.05 Å². The summed E-state index contributed by atoms with van der Waals surface area (Å²) in [5.41, 5.74) is 0.363. The van der Waals surface area contributed by atoms with Crippen molar-refractivity contribution in [3.63, 3.8) is 0 Å². The average molecular weight is 515 g/mol. The van der Waals surface area contributed by atoms with E-state index in [0.717, 1.165) is 11.2 Å². The van der Waals surface area contributed by atoms with E-state index in [0.29, 0.717) is 16.5 Å². The Morgan fingerprint density at radius 2 is 2.21 bits per heavy atom. The number of carbonyl (C=O) groups excluding carboxylic acids is 2. The first-order valence-electron chi connectivity index (χ1n) is 9.37. The third-order valence-electron chi connectivity index (χ3n) is 4.97. The number of fused-ring (bicyclic) bond motifs is 1. The molecule has 2 aromatic heterocycles. The van der Waals surface area contributed by atoms with E-state index in [1.807, 2.05) is 0 Å². The molecule has 33 heavy (non-hydrogen) atoms. The first-order chi connectivity index (χ1) is 15.6. The fourth-order valence-corrected chi connectivity index (χ4v) is 6.84. The molecule has 2 N–H and O–H groups in total. The van der Waals surface area contributed by atoms with Gasteiger partial charge in [-0.2, -0.15) is 0 Å². The summed E-state index contributed by atoms with van der Waals surface area (Å²) in [5.74, 6) is -2.33. The number of hydrogen-bond acceptors (Lipinski definition) is 11. The Morgan fingerprint density at radius 3 is 2.79 bits per heavy atom. The van der Waals surface area contributed by atoms with Gasteiger partial charge in [-0.3, -0.25) is 14.5 Å². The van der Waals surface area contributed by atoms with Gasteiger partial charge >= 0.3 is 5.97 Å². The number of aryl methyl sites for hydroxylation is 1. The van der Waals surface area contributed by atoms with Crippen molar-refractivity contribution in [1.82, 2.24) is 30.4 Å².